The molecule has 0 atom stereocenters. The number of pyridine rings is 1. The van der Waals surface area contributed by atoms with E-state index in [4.69, 9.17) is 4.74 Å². The van der Waals surface area contributed by atoms with Crippen molar-refractivity contribution in [2.45, 2.75) is 6.92 Å². The minimum atomic E-state index is -0.565. The van der Waals surface area contributed by atoms with Crippen molar-refractivity contribution in [3.8, 4) is 0 Å². The van der Waals surface area contributed by atoms with Gasteiger partial charge in [-0.15, -0.1) is 0 Å². The summed E-state index contributed by atoms with van der Waals surface area (Å²) in [6.45, 7) is 1.96. The van der Waals surface area contributed by atoms with E-state index in [1.165, 1.54) is 0 Å². The summed E-state index contributed by atoms with van der Waals surface area (Å²) in [6.07, 6.45) is 2.70. The van der Waals surface area contributed by atoms with Crippen LogP contribution in [0.3, 0.4) is 0 Å². The molecule has 1 aromatic rings. The number of carbonyl (C=O) groups is 2. The molecule has 17 heavy (non-hydrogen) atoms. The van der Waals surface area contributed by atoms with Crippen LogP contribution in [-0.4, -0.2) is 23.5 Å². The molecule has 6 nitrogen and oxygen atoms in total. The van der Waals surface area contributed by atoms with Crippen molar-refractivity contribution in [3.05, 3.63) is 30.1 Å². The molecule has 6 heteroatoms. The molecule has 0 bridgehead atoms. The quantitative estimate of drug-likeness (QED) is 0.585. The fourth-order valence-corrected chi connectivity index (χ4v) is 1.38. The molecule has 1 aromatic heterocycles. The van der Waals surface area contributed by atoms with Crippen LogP contribution in [0.25, 0.3) is 0 Å². The van der Waals surface area contributed by atoms with E-state index in [0.29, 0.717) is 11.5 Å². The molecule has 2 heterocycles. The third-order valence-electron chi connectivity index (χ3n) is 2.10. The molecule has 1 aliphatic rings. The minimum Gasteiger partial charge on any atom is -0.463 e. The number of amides is 1. The second-order valence-electron chi connectivity index (χ2n) is 3.29. The molecule has 0 saturated heterocycles. The van der Waals surface area contributed by atoms with Gasteiger partial charge in [0, 0.05) is 6.20 Å². The normalized spacial score (nSPS) is 15.8. The highest BCUT2D eigenvalue weighted by Gasteiger charge is 2.21. The van der Waals surface area contributed by atoms with E-state index in [9.17, 15) is 9.59 Å². The second kappa shape index (κ2) is 4.65. The maximum Gasteiger partial charge on any atom is 0.333 e. The summed E-state index contributed by atoms with van der Waals surface area (Å²) in [6, 6.07) is 3.43. The Morgan fingerprint density at radius 3 is 3.12 bits per heavy atom. The maximum absolute atomic E-state index is 11.6. The smallest absolute Gasteiger partial charge is 0.333 e. The van der Waals surface area contributed by atoms with Gasteiger partial charge in [0.25, 0.3) is 5.91 Å². The summed E-state index contributed by atoms with van der Waals surface area (Å²) in [5.41, 5.74) is 0.702. The van der Waals surface area contributed by atoms with Crippen LogP contribution in [-0.2, 0) is 14.3 Å². The zero-order valence-corrected chi connectivity index (χ0v) is 9.19. The Balaban J connectivity index is 2.23. The average molecular weight is 233 g/mol. The Labute approximate surface area is 97.7 Å². The third-order valence-corrected chi connectivity index (χ3v) is 2.10. The summed E-state index contributed by atoms with van der Waals surface area (Å²) < 4.78 is 4.73. The molecule has 0 radical (unpaired) electrons. The summed E-state index contributed by atoms with van der Waals surface area (Å²) in [5, 5.41) is 5.39. The van der Waals surface area contributed by atoms with Gasteiger partial charge in [0.2, 0.25) is 0 Å². The molecule has 0 saturated carbocycles. The van der Waals surface area contributed by atoms with E-state index < -0.39 is 11.9 Å². The van der Waals surface area contributed by atoms with Crippen molar-refractivity contribution in [1.29, 1.82) is 0 Å². The molecular weight excluding hydrogens is 222 g/mol. The number of anilines is 2. The molecule has 88 valence electrons. The van der Waals surface area contributed by atoms with Crippen LogP contribution in [0.1, 0.15) is 6.92 Å². The SMILES string of the molecule is CCOC(=O)/C=C1\Nc2ncccc2NC1=O. The predicted octanol–water partition coefficient (Wildman–Crippen LogP) is 0.893. The van der Waals surface area contributed by atoms with E-state index in [1.807, 2.05) is 0 Å². The van der Waals surface area contributed by atoms with Gasteiger partial charge in [0.15, 0.2) is 5.82 Å². The molecule has 0 aliphatic carbocycles. The Morgan fingerprint density at radius 1 is 1.53 bits per heavy atom. The summed E-state index contributed by atoms with van der Waals surface area (Å²) in [4.78, 5) is 26.9. The first-order valence-electron chi connectivity index (χ1n) is 5.12. The molecule has 0 spiro atoms. The number of esters is 1. The number of aromatic nitrogens is 1. The first-order valence-corrected chi connectivity index (χ1v) is 5.12. The highest BCUT2D eigenvalue weighted by molar-refractivity contribution is 6.12. The van der Waals surface area contributed by atoms with E-state index in [0.717, 1.165) is 6.08 Å². The molecule has 1 amide bonds. The predicted molar refractivity (Wildman–Crippen MR) is 61.2 cm³/mol. The second-order valence-corrected chi connectivity index (χ2v) is 3.29. The highest BCUT2D eigenvalue weighted by atomic mass is 16.5. The minimum absolute atomic E-state index is 0.120. The molecule has 2 N–H and O–H groups in total. The number of hydrogen-bond donors (Lipinski definition) is 2. The van der Waals surface area contributed by atoms with E-state index in [1.54, 1.807) is 25.3 Å². The largest absolute Gasteiger partial charge is 0.463 e. The molecule has 1 aliphatic heterocycles. The highest BCUT2D eigenvalue weighted by Crippen LogP contribution is 2.24. The van der Waals surface area contributed by atoms with E-state index in [-0.39, 0.29) is 12.3 Å². The van der Waals surface area contributed by atoms with Gasteiger partial charge in [0.1, 0.15) is 5.70 Å². The fraction of sp³-hybridized carbons (Fsp3) is 0.182. The Hall–Kier alpha value is -2.37. The average Bonchev–Trinajstić information content (AvgIpc) is 2.30. The monoisotopic (exact) mass is 233 g/mol. The third kappa shape index (κ3) is 2.41. The van der Waals surface area contributed by atoms with Gasteiger partial charge in [-0.05, 0) is 19.1 Å². The van der Waals surface area contributed by atoms with Crippen LogP contribution in [0.4, 0.5) is 11.5 Å². The fourth-order valence-electron chi connectivity index (χ4n) is 1.38. The Kier molecular flexibility index (Phi) is 3.04. The van der Waals surface area contributed by atoms with Crippen LogP contribution in [0.5, 0.6) is 0 Å². The first-order chi connectivity index (χ1) is 8.20. The first kappa shape index (κ1) is 11.1. The van der Waals surface area contributed by atoms with Gasteiger partial charge in [0.05, 0.1) is 18.4 Å². The van der Waals surface area contributed by atoms with Crippen molar-refractivity contribution in [3.63, 3.8) is 0 Å². The standard InChI is InChI=1S/C11H11N3O3/c1-2-17-9(15)6-8-11(16)14-7-4-3-5-12-10(7)13-8/h3-6H,2H2,1H3,(H,12,13)(H,14,16)/b8-6-. The van der Waals surface area contributed by atoms with Crippen LogP contribution in [0, 0.1) is 0 Å². The van der Waals surface area contributed by atoms with Gasteiger partial charge in [-0.1, -0.05) is 0 Å². The van der Waals surface area contributed by atoms with Crippen molar-refractivity contribution in [2.24, 2.45) is 0 Å². The van der Waals surface area contributed by atoms with E-state index >= 15 is 0 Å². The van der Waals surface area contributed by atoms with Crippen molar-refractivity contribution in [1.82, 2.24) is 4.98 Å². The number of rotatable bonds is 2. The van der Waals surface area contributed by atoms with Crippen LogP contribution < -0.4 is 10.6 Å². The summed E-state index contributed by atoms with van der Waals surface area (Å²) in [7, 11) is 0. The number of hydrogen-bond acceptors (Lipinski definition) is 5. The maximum atomic E-state index is 11.6. The van der Waals surface area contributed by atoms with Gasteiger partial charge in [-0.3, -0.25) is 4.79 Å². The summed E-state index contributed by atoms with van der Waals surface area (Å²) in [5.74, 6) is -0.453. The number of nitrogens with zero attached hydrogens (tertiary/aromatic N) is 1. The van der Waals surface area contributed by atoms with Crippen molar-refractivity contribution in [2.75, 3.05) is 17.2 Å². The molecule has 0 fully saturated rings. The number of ether oxygens (including phenoxy) is 1. The van der Waals surface area contributed by atoms with Gasteiger partial charge in [-0.2, -0.15) is 0 Å². The number of fused-ring (bicyclic) bond motifs is 1. The van der Waals surface area contributed by atoms with Crippen molar-refractivity contribution >= 4 is 23.4 Å². The number of nitrogens with one attached hydrogen (secondary N) is 2. The Morgan fingerprint density at radius 2 is 2.35 bits per heavy atom. The lowest BCUT2D eigenvalue weighted by Crippen LogP contribution is -2.27. The lowest BCUT2D eigenvalue weighted by Gasteiger charge is -2.19. The van der Waals surface area contributed by atoms with Crippen molar-refractivity contribution < 1.29 is 14.3 Å². The lowest BCUT2D eigenvalue weighted by molar-refractivity contribution is -0.137. The lowest BCUT2D eigenvalue weighted by atomic mass is 10.2. The zero-order valence-electron chi connectivity index (χ0n) is 9.19. The van der Waals surface area contributed by atoms with Gasteiger partial charge < -0.3 is 15.4 Å². The van der Waals surface area contributed by atoms with Crippen LogP contribution in [0.2, 0.25) is 0 Å². The van der Waals surface area contributed by atoms with E-state index in [2.05, 4.69) is 15.6 Å². The van der Waals surface area contributed by atoms with Crippen LogP contribution in [0.15, 0.2) is 30.1 Å². The summed E-state index contributed by atoms with van der Waals surface area (Å²) >= 11 is 0. The molecule has 0 aromatic carbocycles. The topological polar surface area (TPSA) is 80.3 Å². The van der Waals surface area contributed by atoms with Crippen LogP contribution >= 0.6 is 0 Å². The van der Waals surface area contributed by atoms with Gasteiger partial charge in [-0.25, -0.2) is 9.78 Å². The van der Waals surface area contributed by atoms with Gasteiger partial charge >= 0.3 is 5.97 Å². The molecular formula is C11H11N3O3. The zero-order chi connectivity index (χ0) is 12.3. The Bertz CT molecular complexity index is 496. The molecule has 0 unspecified atom stereocenters. The molecule has 2 rings (SSSR count). The number of carbonyl (C=O) groups excluding carboxylic acids is 2.